The first-order valence-corrected chi connectivity index (χ1v) is 8.77. The lowest BCUT2D eigenvalue weighted by molar-refractivity contribution is 0.276. The molecule has 2 rings (SSSR count). The standard InChI is InChI=1S/C19H28N4O/c1-2-3-5-10-18(13-17-8-6-4-7-9-17)14-20-11-12-23-15-19(16-24)21-22-23/h4,6-9,13,15,20,24H,2-3,5,10-12,14,16H2,1H3/b18-13-. The van der Waals surface area contributed by atoms with Crippen molar-refractivity contribution in [1.82, 2.24) is 20.3 Å². The fourth-order valence-corrected chi connectivity index (χ4v) is 2.56. The van der Waals surface area contributed by atoms with Crippen LogP contribution < -0.4 is 5.32 Å². The van der Waals surface area contributed by atoms with Gasteiger partial charge < -0.3 is 10.4 Å². The summed E-state index contributed by atoms with van der Waals surface area (Å²) in [4.78, 5) is 0. The highest BCUT2D eigenvalue weighted by atomic mass is 16.3. The van der Waals surface area contributed by atoms with E-state index in [-0.39, 0.29) is 6.61 Å². The molecule has 130 valence electrons. The third-order valence-corrected chi connectivity index (χ3v) is 3.89. The zero-order valence-electron chi connectivity index (χ0n) is 14.5. The lowest BCUT2D eigenvalue weighted by Crippen LogP contribution is -2.22. The van der Waals surface area contributed by atoms with Crippen LogP contribution in [0.15, 0.2) is 42.1 Å². The van der Waals surface area contributed by atoms with E-state index < -0.39 is 0 Å². The van der Waals surface area contributed by atoms with Crippen molar-refractivity contribution in [3.8, 4) is 0 Å². The number of hydrogen-bond donors (Lipinski definition) is 2. The van der Waals surface area contributed by atoms with Gasteiger partial charge in [0.25, 0.3) is 0 Å². The summed E-state index contributed by atoms with van der Waals surface area (Å²) in [6, 6.07) is 10.5. The number of nitrogens with zero attached hydrogens (tertiary/aromatic N) is 3. The molecule has 5 nitrogen and oxygen atoms in total. The van der Waals surface area contributed by atoms with E-state index >= 15 is 0 Å². The van der Waals surface area contributed by atoms with Crippen LogP contribution in [0.5, 0.6) is 0 Å². The van der Waals surface area contributed by atoms with Crippen molar-refractivity contribution in [3.63, 3.8) is 0 Å². The minimum atomic E-state index is -0.0607. The average molecular weight is 328 g/mol. The largest absolute Gasteiger partial charge is 0.390 e. The fourth-order valence-electron chi connectivity index (χ4n) is 2.56. The Kier molecular flexibility index (Phi) is 8.21. The molecule has 0 bridgehead atoms. The van der Waals surface area contributed by atoms with Gasteiger partial charge in [0.1, 0.15) is 5.69 Å². The van der Waals surface area contributed by atoms with E-state index in [0.717, 1.165) is 26.1 Å². The first-order chi connectivity index (χ1) is 11.8. The van der Waals surface area contributed by atoms with Gasteiger partial charge in [-0.2, -0.15) is 0 Å². The van der Waals surface area contributed by atoms with Crippen molar-refractivity contribution in [3.05, 3.63) is 53.4 Å². The van der Waals surface area contributed by atoms with Crippen LogP contribution in [0, 0.1) is 0 Å². The molecule has 0 saturated heterocycles. The molecule has 0 saturated carbocycles. The second-order valence-corrected chi connectivity index (χ2v) is 5.98. The van der Waals surface area contributed by atoms with E-state index in [4.69, 9.17) is 5.11 Å². The molecule has 1 aromatic heterocycles. The van der Waals surface area contributed by atoms with E-state index in [1.165, 1.54) is 30.4 Å². The first-order valence-electron chi connectivity index (χ1n) is 8.77. The van der Waals surface area contributed by atoms with Crippen LogP contribution in [0.25, 0.3) is 6.08 Å². The highest BCUT2D eigenvalue weighted by Gasteiger charge is 2.01. The molecule has 5 heteroatoms. The predicted octanol–water partition coefficient (Wildman–Crippen LogP) is 3.02. The number of aliphatic hydroxyl groups is 1. The summed E-state index contributed by atoms with van der Waals surface area (Å²) < 4.78 is 1.76. The van der Waals surface area contributed by atoms with E-state index in [9.17, 15) is 0 Å². The van der Waals surface area contributed by atoms with Crippen LogP contribution in [-0.4, -0.2) is 33.2 Å². The molecule has 0 amide bonds. The topological polar surface area (TPSA) is 63.0 Å². The molecule has 24 heavy (non-hydrogen) atoms. The van der Waals surface area contributed by atoms with Crippen molar-refractivity contribution in [2.75, 3.05) is 13.1 Å². The smallest absolute Gasteiger partial charge is 0.108 e. The Bertz CT molecular complexity index is 607. The van der Waals surface area contributed by atoms with Gasteiger partial charge in [-0.1, -0.05) is 67.0 Å². The monoisotopic (exact) mass is 328 g/mol. The van der Waals surface area contributed by atoms with Gasteiger partial charge in [-0.05, 0) is 18.4 Å². The highest BCUT2D eigenvalue weighted by molar-refractivity contribution is 5.52. The normalized spacial score (nSPS) is 11.8. The van der Waals surface area contributed by atoms with E-state index in [2.05, 4.69) is 52.9 Å². The summed E-state index contributed by atoms with van der Waals surface area (Å²) in [7, 11) is 0. The van der Waals surface area contributed by atoms with Crippen LogP contribution in [0.4, 0.5) is 0 Å². The van der Waals surface area contributed by atoms with Crippen molar-refractivity contribution in [1.29, 1.82) is 0 Å². The van der Waals surface area contributed by atoms with Crippen molar-refractivity contribution < 1.29 is 5.11 Å². The molecule has 0 aliphatic rings. The Morgan fingerprint density at radius 1 is 1.25 bits per heavy atom. The summed E-state index contributed by atoms with van der Waals surface area (Å²) >= 11 is 0. The summed E-state index contributed by atoms with van der Waals surface area (Å²) in [5.74, 6) is 0. The molecule has 0 spiro atoms. The molecule has 2 aromatic rings. The summed E-state index contributed by atoms with van der Waals surface area (Å²) in [6.07, 6.45) is 8.96. The number of rotatable bonds is 11. The van der Waals surface area contributed by atoms with Crippen molar-refractivity contribution in [2.24, 2.45) is 0 Å². The van der Waals surface area contributed by atoms with Crippen LogP contribution in [0.3, 0.4) is 0 Å². The van der Waals surface area contributed by atoms with Gasteiger partial charge in [-0.3, -0.25) is 4.68 Å². The second-order valence-electron chi connectivity index (χ2n) is 5.98. The second kappa shape index (κ2) is 10.7. The molecule has 0 unspecified atom stereocenters. The molecule has 0 radical (unpaired) electrons. The summed E-state index contributed by atoms with van der Waals surface area (Å²) in [6.45, 7) is 4.64. The molecule has 2 N–H and O–H groups in total. The lowest BCUT2D eigenvalue weighted by atomic mass is 10.0. The Morgan fingerprint density at radius 3 is 2.79 bits per heavy atom. The number of nitrogens with one attached hydrogen (secondary N) is 1. The van der Waals surface area contributed by atoms with E-state index in [1.807, 2.05) is 6.07 Å². The van der Waals surface area contributed by atoms with Gasteiger partial charge in [0.05, 0.1) is 19.3 Å². The van der Waals surface area contributed by atoms with Gasteiger partial charge in [0, 0.05) is 13.1 Å². The SMILES string of the molecule is CCCCC/C(=C/c1ccccc1)CNCCn1cc(CO)nn1. The molecule has 1 heterocycles. The Hall–Kier alpha value is -1.98. The molecule has 0 fully saturated rings. The van der Waals surface area contributed by atoms with Crippen LogP contribution >= 0.6 is 0 Å². The van der Waals surface area contributed by atoms with Crippen LogP contribution in [0.1, 0.15) is 43.9 Å². The minimum absolute atomic E-state index is 0.0607. The molecule has 0 aliphatic carbocycles. The van der Waals surface area contributed by atoms with Crippen molar-refractivity contribution >= 4 is 6.08 Å². The average Bonchev–Trinajstić information content (AvgIpc) is 3.07. The van der Waals surface area contributed by atoms with Gasteiger partial charge >= 0.3 is 0 Å². The predicted molar refractivity (Wildman–Crippen MR) is 97.4 cm³/mol. The highest BCUT2D eigenvalue weighted by Crippen LogP contribution is 2.13. The minimum Gasteiger partial charge on any atom is -0.390 e. The Labute approximate surface area is 144 Å². The number of benzene rings is 1. The molecule has 0 aliphatic heterocycles. The maximum absolute atomic E-state index is 9.00. The zero-order chi connectivity index (χ0) is 17.0. The number of aliphatic hydroxyl groups excluding tert-OH is 1. The van der Waals surface area contributed by atoms with E-state index in [1.54, 1.807) is 10.9 Å². The summed E-state index contributed by atoms with van der Waals surface area (Å²) in [5, 5.41) is 20.4. The molecular formula is C19H28N4O. The lowest BCUT2D eigenvalue weighted by Gasteiger charge is -2.10. The number of unbranched alkanes of at least 4 members (excludes halogenated alkanes) is 2. The number of hydrogen-bond acceptors (Lipinski definition) is 4. The quantitative estimate of drug-likeness (QED) is 0.622. The molecule has 1 aromatic carbocycles. The van der Waals surface area contributed by atoms with Gasteiger partial charge in [0.15, 0.2) is 0 Å². The maximum atomic E-state index is 9.00. The van der Waals surface area contributed by atoms with Crippen molar-refractivity contribution in [2.45, 2.75) is 45.8 Å². The van der Waals surface area contributed by atoms with Gasteiger partial charge in [-0.15, -0.1) is 5.10 Å². The number of aromatic nitrogens is 3. The van der Waals surface area contributed by atoms with E-state index in [0.29, 0.717) is 5.69 Å². The maximum Gasteiger partial charge on any atom is 0.108 e. The third-order valence-electron chi connectivity index (χ3n) is 3.89. The molecule has 0 atom stereocenters. The fraction of sp³-hybridized carbons (Fsp3) is 0.474. The summed E-state index contributed by atoms with van der Waals surface area (Å²) in [5.41, 5.74) is 3.30. The third kappa shape index (κ3) is 6.64. The van der Waals surface area contributed by atoms with Crippen LogP contribution in [0.2, 0.25) is 0 Å². The van der Waals surface area contributed by atoms with Gasteiger partial charge in [0.2, 0.25) is 0 Å². The zero-order valence-corrected chi connectivity index (χ0v) is 14.5. The Balaban J connectivity index is 1.82. The Morgan fingerprint density at radius 2 is 2.08 bits per heavy atom. The molecular weight excluding hydrogens is 300 g/mol. The van der Waals surface area contributed by atoms with Gasteiger partial charge in [-0.25, -0.2) is 0 Å². The van der Waals surface area contributed by atoms with Crippen LogP contribution in [-0.2, 0) is 13.2 Å². The first kappa shape index (κ1) is 18.4.